The molecular formula is C9H16O2S. The molecule has 0 saturated heterocycles. The van der Waals surface area contributed by atoms with Crippen molar-refractivity contribution >= 4 is 9.84 Å². The van der Waals surface area contributed by atoms with Gasteiger partial charge in [0.05, 0.1) is 9.49 Å². The van der Waals surface area contributed by atoms with E-state index < -0.39 is 19.3 Å². The Labute approximate surface area is 74.6 Å². The Morgan fingerprint density at radius 2 is 1.67 bits per heavy atom. The van der Waals surface area contributed by atoms with Crippen LogP contribution in [0.4, 0.5) is 0 Å². The molecule has 1 aliphatic rings. The molecule has 0 radical (unpaired) electrons. The Morgan fingerprint density at radius 1 is 1.17 bits per heavy atom. The number of hydrogen-bond donors (Lipinski definition) is 0. The van der Waals surface area contributed by atoms with Crippen LogP contribution in [0.3, 0.4) is 0 Å². The van der Waals surface area contributed by atoms with Gasteiger partial charge < -0.3 is 0 Å². The fraction of sp³-hybridized carbons (Fsp3) is 0.778. The van der Waals surface area contributed by atoms with Crippen LogP contribution in [0.15, 0.2) is 12.2 Å². The molecule has 12 heavy (non-hydrogen) atoms. The monoisotopic (exact) mass is 188 g/mol. The molecule has 0 aromatic heterocycles. The first-order chi connectivity index (χ1) is 5.21. The number of allylic oxidation sites excluding steroid dienone is 1. The van der Waals surface area contributed by atoms with E-state index in [1.165, 1.54) is 0 Å². The predicted molar refractivity (Wildman–Crippen MR) is 50.8 cm³/mol. The molecule has 0 aromatic carbocycles. The maximum atomic E-state index is 11.9. The van der Waals surface area contributed by atoms with Gasteiger partial charge in [-0.05, 0) is 34.1 Å². The lowest BCUT2D eigenvalue weighted by molar-refractivity contribution is 0.515. The minimum atomic E-state index is -3.03. The predicted octanol–water partition coefficient (Wildman–Crippen LogP) is 1.92. The molecule has 0 aromatic rings. The Morgan fingerprint density at radius 3 is 2.00 bits per heavy atom. The molecule has 1 heterocycles. The second kappa shape index (κ2) is 2.34. The van der Waals surface area contributed by atoms with E-state index in [1.54, 1.807) is 33.8 Å². The SMILES string of the molecule is CC1(C)C=CCC(C)(C)S1(=O)=O. The van der Waals surface area contributed by atoms with Crippen molar-refractivity contribution in [3.8, 4) is 0 Å². The molecule has 1 aliphatic heterocycles. The van der Waals surface area contributed by atoms with Crippen molar-refractivity contribution in [2.75, 3.05) is 0 Å². The van der Waals surface area contributed by atoms with Crippen molar-refractivity contribution in [3.63, 3.8) is 0 Å². The second-order valence-corrected chi connectivity index (χ2v) is 7.64. The zero-order valence-electron chi connectivity index (χ0n) is 8.09. The summed E-state index contributed by atoms with van der Waals surface area (Å²) in [7, 11) is -3.03. The van der Waals surface area contributed by atoms with E-state index in [9.17, 15) is 8.42 Å². The molecule has 0 N–H and O–H groups in total. The van der Waals surface area contributed by atoms with E-state index in [0.717, 1.165) is 0 Å². The molecule has 2 nitrogen and oxygen atoms in total. The Bertz CT molecular complexity index is 307. The molecule has 0 fully saturated rings. The molecule has 1 rings (SSSR count). The van der Waals surface area contributed by atoms with Crippen molar-refractivity contribution in [3.05, 3.63) is 12.2 Å². The summed E-state index contributed by atoms with van der Waals surface area (Å²) in [4.78, 5) is 0. The summed E-state index contributed by atoms with van der Waals surface area (Å²) < 4.78 is 22.5. The Balaban J connectivity index is 3.33. The van der Waals surface area contributed by atoms with Gasteiger partial charge in [0, 0.05) is 0 Å². The van der Waals surface area contributed by atoms with E-state index in [2.05, 4.69) is 0 Å². The van der Waals surface area contributed by atoms with Crippen LogP contribution in [-0.4, -0.2) is 17.9 Å². The van der Waals surface area contributed by atoms with E-state index in [0.29, 0.717) is 6.42 Å². The van der Waals surface area contributed by atoms with Gasteiger partial charge in [-0.15, -0.1) is 0 Å². The maximum absolute atomic E-state index is 11.9. The molecule has 0 spiro atoms. The van der Waals surface area contributed by atoms with Crippen LogP contribution in [0.1, 0.15) is 34.1 Å². The lowest BCUT2D eigenvalue weighted by atomic mass is 10.1. The largest absolute Gasteiger partial charge is 0.227 e. The van der Waals surface area contributed by atoms with Gasteiger partial charge in [0.25, 0.3) is 0 Å². The van der Waals surface area contributed by atoms with Gasteiger partial charge in [0.15, 0.2) is 9.84 Å². The van der Waals surface area contributed by atoms with E-state index in [-0.39, 0.29) is 0 Å². The van der Waals surface area contributed by atoms with Crippen molar-refractivity contribution < 1.29 is 8.42 Å². The molecule has 0 unspecified atom stereocenters. The van der Waals surface area contributed by atoms with Crippen molar-refractivity contribution in [2.45, 2.75) is 43.6 Å². The average Bonchev–Trinajstić information content (AvgIpc) is 1.83. The lowest BCUT2D eigenvalue weighted by Crippen LogP contribution is -2.46. The number of rotatable bonds is 0. The van der Waals surface area contributed by atoms with E-state index >= 15 is 0 Å². The van der Waals surface area contributed by atoms with Gasteiger partial charge in [-0.2, -0.15) is 0 Å². The summed E-state index contributed by atoms with van der Waals surface area (Å²) in [6.07, 6.45) is 4.37. The first kappa shape index (κ1) is 9.78. The summed E-state index contributed by atoms with van der Waals surface area (Å²) >= 11 is 0. The topological polar surface area (TPSA) is 34.1 Å². The fourth-order valence-electron chi connectivity index (χ4n) is 1.54. The summed E-state index contributed by atoms with van der Waals surface area (Å²) in [6.45, 7) is 7.07. The van der Waals surface area contributed by atoms with Crippen LogP contribution in [0, 0.1) is 0 Å². The van der Waals surface area contributed by atoms with Gasteiger partial charge in [-0.1, -0.05) is 12.2 Å². The zero-order valence-corrected chi connectivity index (χ0v) is 8.90. The highest BCUT2D eigenvalue weighted by atomic mass is 32.2. The van der Waals surface area contributed by atoms with Crippen molar-refractivity contribution in [1.82, 2.24) is 0 Å². The van der Waals surface area contributed by atoms with Crippen LogP contribution in [0.5, 0.6) is 0 Å². The van der Waals surface area contributed by atoms with Gasteiger partial charge in [-0.3, -0.25) is 0 Å². The van der Waals surface area contributed by atoms with E-state index in [4.69, 9.17) is 0 Å². The molecule has 3 heteroatoms. The molecule has 0 aliphatic carbocycles. The third kappa shape index (κ3) is 1.11. The highest BCUT2D eigenvalue weighted by Crippen LogP contribution is 2.36. The first-order valence-corrected chi connectivity index (χ1v) is 5.61. The highest BCUT2D eigenvalue weighted by molar-refractivity contribution is 7.94. The maximum Gasteiger partial charge on any atom is 0.164 e. The Kier molecular flexibility index (Phi) is 1.91. The van der Waals surface area contributed by atoms with Crippen LogP contribution < -0.4 is 0 Å². The second-order valence-electron chi connectivity index (χ2n) is 4.47. The Hall–Kier alpha value is -0.310. The standard InChI is InChI=1S/C9H16O2S/c1-8(2)6-5-7-9(3,4)12(8,10)11/h5-6H,7H2,1-4H3. The third-order valence-electron chi connectivity index (χ3n) is 2.55. The lowest BCUT2D eigenvalue weighted by Gasteiger charge is -2.36. The average molecular weight is 188 g/mol. The van der Waals surface area contributed by atoms with Crippen LogP contribution >= 0.6 is 0 Å². The molecular weight excluding hydrogens is 172 g/mol. The highest BCUT2D eigenvalue weighted by Gasteiger charge is 2.46. The molecule has 0 bridgehead atoms. The van der Waals surface area contributed by atoms with Crippen molar-refractivity contribution in [2.24, 2.45) is 0 Å². The molecule has 0 saturated carbocycles. The summed E-state index contributed by atoms with van der Waals surface area (Å²) in [5, 5.41) is 0. The number of sulfone groups is 1. The minimum Gasteiger partial charge on any atom is -0.227 e. The summed E-state index contributed by atoms with van der Waals surface area (Å²) in [6, 6.07) is 0. The molecule has 70 valence electrons. The normalized spacial score (nSPS) is 30.0. The first-order valence-electron chi connectivity index (χ1n) is 4.13. The summed E-state index contributed by atoms with van der Waals surface area (Å²) in [5.41, 5.74) is 0. The molecule has 0 atom stereocenters. The van der Waals surface area contributed by atoms with E-state index in [1.807, 2.05) is 6.08 Å². The van der Waals surface area contributed by atoms with Crippen molar-refractivity contribution in [1.29, 1.82) is 0 Å². The van der Waals surface area contributed by atoms with Crippen LogP contribution in [0.25, 0.3) is 0 Å². The van der Waals surface area contributed by atoms with Crippen LogP contribution in [0.2, 0.25) is 0 Å². The van der Waals surface area contributed by atoms with Crippen LogP contribution in [-0.2, 0) is 9.84 Å². The van der Waals surface area contributed by atoms with Gasteiger partial charge in [0.1, 0.15) is 0 Å². The molecule has 0 amide bonds. The third-order valence-corrected chi connectivity index (χ3v) is 5.69. The zero-order chi connectivity index (χ0) is 9.62. The smallest absolute Gasteiger partial charge is 0.164 e. The van der Waals surface area contributed by atoms with Gasteiger partial charge in [-0.25, -0.2) is 8.42 Å². The van der Waals surface area contributed by atoms with Gasteiger partial charge >= 0.3 is 0 Å². The quantitative estimate of drug-likeness (QED) is 0.544. The van der Waals surface area contributed by atoms with Gasteiger partial charge in [0.2, 0.25) is 0 Å². The fourth-order valence-corrected chi connectivity index (χ4v) is 3.55. The number of hydrogen-bond acceptors (Lipinski definition) is 2. The summed E-state index contributed by atoms with van der Waals surface area (Å²) in [5.74, 6) is 0. The minimum absolute atomic E-state index is 0.606.